The van der Waals surface area contributed by atoms with Crippen LogP contribution >= 0.6 is 11.6 Å². The molecule has 0 aliphatic carbocycles. The molecule has 3 aromatic rings. The van der Waals surface area contributed by atoms with E-state index in [2.05, 4.69) is 4.98 Å². The maximum Gasteiger partial charge on any atom is 0.431 e. The number of nitrogens with one attached hydrogen (secondary N) is 1. The zero-order valence-corrected chi connectivity index (χ0v) is 12.4. The summed E-state index contributed by atoms with van der Waals surface area (Å²) in [5, 5.41) is -0.170. The minimum absolute atomic E-state index is 0.114. The zero-order valence-electron chi connectivity index (χ0n) is 11.7. The molecule has 0 aliphatic rings. The van der Waals surface area contributed by atoms with Gasteiger partial charge in [-0.05, 0) is 13.0 Å². The van der Waals surface area contributed by atoms with Gasteiger partial charge in [-0.1, -0.05) is 11.6 Å². The Bertz CT molecular complexity index is 1080. The number of hydrogen-bond donors (Lipinski definition) is 1. The lowest BCUT2D eigenvalue weighted by molar-refractivity contribution is -0.142. The molecule has 126 valence electrons. The molecule has 0 amide bonds. The molecule has 6 nitrogen and oxygen atoms in total. The van der Waals surface area contributed by atoms with Crippen LogP contribution in [0.3, 0.4) is 0 Å². The summed E-state index contributed by atoms with van der Waals surface area (Å²) in [6.45, 7) is 0.866. The number of rotatable bonds is 1. The largest absolute Gasteiger partial charge is 0.442 e. The Labute approximate surface area is 134 Å². The van der Waals surface area contributed by atoms with Gasteiger partial charge < -0.3 is 9.40 Å². The highest BCUT2D eigenvalue weighted by molar-refractivity contribution is 6.35. The molecule has 0 saturated carbocycles. The van der Waals surface area contributed by atoms with Crippen molar-refractivity contribution in [2.75, 3.05) is 0 Å². The molecule has 2 heterocycles. The summed E-state index contributed by atoms with van der Waals surface area (Å²) in [5.74, 6) is -1.12. The molecule has 1 N–H and O–H groups in total. The summed E-state index contributed by atoms with van der Waals surface area (Å²) in [6.07, 6.45) is -4.04. The van der Waals surface area contributed by atoms with Gasteiger partial charge in [0.05, 0.1) is 5.02 Å². The van der Waals surface area contributed by atoms with E-state index in [-0.39, 0.29) is 20.7 Å². The number of oxazole rings is 1. The number of aromatic nitrogens is 3. The maximum absolute atomic E-state index is 14.3. The second-order valence-electron chi connectivity index (χ2n) is 4.79. The number of H-pyrrole nitrogens is 1. The quantitative estimate of drug-likeness (QED) is 0.674. The molecule has 0 fully saturated rings. The molecule has 24 heavy (non-hydrogen) atoms. The Hall–Kier alpha value is -2.62. The molecule has 0 radical (unpaired) electrons. The normalized spacial score (nSPS) is 12.1. The lowest BCUT2D eigenvalue weighted by Crippen LogP contribution is -2.39. The van der Waals surface area contributed by atoms with Crippen LogP contribution in [-0.2, 0) is 6.18 Å². The Morgan fingerprint density at radius 1 is 1.33 bits per heavy atom. The molecule has 0 unspecified atom stereocenters. The van der Waals surface area contributed by atoms with Crippen molar-refractivity contribution in [2.24, 2.45) is 0 Å². The van der Waals surface area contributed by atoms with Gasteiger partial charge in [-0.25, -0.2) is 18.7 Å². The van der Waals surface area contributed by atoms with Crippen LogP contribution in [0.15, 0.2) is 26.5 Å². The Balaban J connectivity index is 2.46. The summed E-state index contributed by atoms with van der Waals surface area (Å²) in [6, 6.07) is 0.767. The Morgan fingerprint density at radius 2 is 2.00 bits per heavy atom. The van der Waals surface area contributed by atoms with Crippen molar-refractivity contribution in [3.05, 3.63) is 55.4 Å². The third-order valence-electron chi connectivity index (χ3n) is 3.33. The summed E-state index contributed by atoms with van der Waals surface area (Å²) < 4.78 is 58.0. The van der Waals surface area contributed by atoms with E-state index in [0.717, 1.165) is 19.4 Å². The average Bonchev–Trinajstić information content (AvgIpc) is 2.94. The van der Waals surface area contributed by atoms with Gasteiger partial charge in [-0.2, -0.15) is 13.2 Å². The summed E-state index contributed by atoms with van der Waals surface area (Å²) >= 11 is 5.76. The van der Waals surface area contributed by atoms with Crippen molar-refractivity contribution < 1.29 is 22.0 Å². The van der Waals surface area contributed by atoms with Crippen LogP contribution in [0.5, 0.6) is 0 Å². The van der Waals surface area contributed by atoms with Crippen LogP contribution in [0.25, 0.3) is 16.8 Å². The molecule has 3 rings (SSSR count). The highest BCUT2D eigenvalue weighted by Crippen LogP contribution is 2.31. The summed E-state index contributed by atoms with van der Waals surface area (Å²) in [7, 11) is 0. The van der Waals surface area contributed by atoms with E-state index in [9.17, 15) is 27.2 Å². The Morgan fingerprint density at radius 3 is 2.62 bits per heavy atom. The third-order valence-corrected chi connectivity index (χ3v) is 3.61. The van der Waals surface area contributed by atoms with Crippen LogP contribution in [0, 0.1) is 12.7 Å². The monoisotopic (exact) mass is 363 g/mol. The number of hydrogen-bond acceptors (Lipinski definition) is 4. The first-order valence-electron chi connectivity index (χ1n) is 6.27. The maximum atomic E-state index is 14.3. The number of benzene rings is 1. The molecule has 2 aromatic heterocycles. The van der Waals surface area contributed by atoms with Crippen molar-refractivity contribution in [3.63, 3.8) is 0 Å². The lowest BCUT2D eigenvalue weighted by Gasteiger charge is -2.13. The molecule has 0 spiro atoms. The van der Waals surface area contributed by atoms with Crippen molar-refractivity contribution in [1.82, 2.24) is 14.5 Å². The van der Waals surface area contributed by atoms with Crippen molar-refractivity contribution in [3.8, 4) is 5.69 Å². The summed E-state index contributed by atoms with van der Waals surface area (Å²) in [4.78, 5) is 29.5. The standard InChI is InChI=1S/C13H6ClF4N3O3/c1-4-10(13(16,17)18)20-12(23)21(11(4)22)8-6(15)2-5(14)9-7(8)19-3-24-9/h2-3H,1H3,(H,20,23). The van der Waals surface area contributed by atoms with E-state index >= 15 is 0 Å². The molecule has 0 saturated heterocycles. The van der Waals surface area contributed by atoms with Crippen LogP contribution in [0.4, 0.5) is 17.6 Å². The van der Waals surface area contributed by atoms with Gasteiger partial charge in [0, 0.05) is 5.56 Å². The van der Waals surface area contributed by atoms with Gasteiger partial charge in [0.1, 0.15) is 16.9 Å². The predicted molar refractivity (Wildman–Crippen MR) is 74.9 cm³/mol. The van der Waals surface area contributed by atoms with E-state index in [1.54, 1.807) is 4.98 Å². The topological polar surface area (TPSA) is 80.9 Å². The molecule has 11 heteroatoms. The van der Waals surface area contributed by atoms with Crippen molar-refractivity contribution >= 4 is 22.7 Å². The van der Waals surface area contributed by atoms with E-state index in [4.69, 9.17) is 16.0 Å². The Kier molecular flexibility index (Phi) is 3.52. The minimum Gasteiger partial charge on any atom is -0.442 e. The number of fused-ring (bicyclic) bond motifs is 1. The fourth-order valence-electron chi connectivity index (χ4n) is 2.27. The van der Waals surface area contributed by atoms with Gasteiger partial charge in [0.25, 0.3) is 5.56 Å². The molecule has 0 aliphatic heterocycles. The fourth-order valence-corrected chi connectivity index (χ4v) is 2.50. The van der Waals surface area contributed by atoms with Crippen molar-refractivity contribution in [1.29, 1.82) is 0 Å². The molecular formula is C13H6ClF4N3O3. The van der Waals surface area contributed by atoms with Gasteiger partial charge in [-0.15, -0.1) is 0 Å². The number of halogens is 5. The lowest BCUT2D eigenvalue weighted by atomic mass is 10.2. The average molecular weight is 364 g/mol. The number of nitrogens with zero attached hydrogens (tertiary/aromatic N) is 2. The van der Waals surface area contributed by atoms with Crippen LogP contribution < -0.4 is 11.2 Å². The van der Waals surface area contributed by atoms with E-state index in [1.807, 2.05) is 0 Å². The SMILES string of the molecule is Cc1c(C(F)(F)F)[nH]c(=O)n(-c2c(F)cc(Cl)c3ocnc23)c1=O. The summed E-state index contributed by atoms with van der Waals surface area (Å²) in [5.41, 5.74) is -6.14. The smallest absolute Gasteiger partial charge is 0.431 e. The third kappa shape index (κ3) is 2.30. The van der Waals surface area contributed by atoms with Crippen molar-refractivity contribution in [2.45, 2.75) is 13.1 Å². The van der Waals surface area contributed by atoms with E-state index in [0.29, 0.717) is 0 Å². The fraction of sp³-hybridized carbons (Fsp3) is 0.154. The van der Waals surface area contributed by atoms with Gasteiger partial charge in [0.15, 0.2) is 17.8 Å². The minimum atomic E-state index is -4.94. The first kappa shape index (κ1) is 16.2. The first-order valence-corrected chi connectivity index (χ1v) is 6.65. The van der Waals surface area contributed by atoms with Crippen LogP contribution in [-0.4, -0.2) is 14.5 Å². The number of alkyl halides is 3. The molecular weight excluding hydrogens is 358 g/mol. The second-order valence-corrected chi connectivity index (χ2v) is 5.19. The number of aromatic amines is 1. The molecule has 0 atom stereocenters. The van der Waals surface area contributed by atoms with Crippen LogP contribution in [0.2, 0.25) is 5.02 Å². The predicted octanol–water partition coefficient (Wildman–Crippen LogP) is 2.79. The van der Waals surface area contributed by atoms with E-state index < -0.39 is 40.2 Å². The van der Waals surface area contributed by atoms with Gasteiger partial charge in [-0.3, -0.25) is 4.79 Å². The second kappa shape index (κ2) is 5.20. The molecule has 0 bridgehead atoms. The molecule has 1 aromatic carbocycles. The first-order chi connectivity index (χ1) is 11.1. The highest BCUT2D eigenvalue weighted by Gasteiger charge is 2.36. The van der Waals surface area contributed by atoms with Gasteiger partial charge in [0.2, 0.25) is 0 Å². The zero-order chi connectivity index (χ0) is 17.8. The highest BCUT2D eigenvalue weighted by atomic mass is 35.5. The van der Waals surface area contributed by atoms with Gasteiger partial charge >= 0.3 is 11.9 Å². The van der Waals surface area contributed by atoms with E-state index in [1.165, 1.54) is 0 Å². The van der Waals surface area contributed by atoms with Crippen LogP contribution in [0.1, 0.15) is 11.3 Å².